The van der Waals surface area contributed by atoms with Gasteiger partial charge in [0.05, 0.1) is 16.8 Å². The summed E-state index contributed by atoms with van der Waals surface area (Å²) in [6.07, 6.45) is 0. The van der Waals surface area contributed by atoms with Crippen molar-refractivity contribution in [2.75, 3.05) is 18.5 Å². The molecule has 2 aromatic carbocycles. The van der Waals surface area contributed by atoms with E-state index in [-0.39, 0.29) is 17.9 Å². The first kappa shape index (κ1) is 20.1. The highest BCUT2D eigenvalue weighted by Gasteiger charge is 2.20. The molecular formula is C22H26N2O3S. The van der Waals surface area contributed by atoms with E-state index in [1.807, 2.05) is 37.3 Å². The molecule has 0 spiro atoms. The van der Waals surface area contributed by atoms with E-state index in [4.69, 9.17) is 9.47 Å². The molecule has 1 aromatic heterocycles. The summed E-state index contributed by atoms with van der Waals surface area (Å²) in [6.45, 7) is 10.9. The van der Waals surface area contributed by atoms with Crippen LogP contribution in [0.15, 0.2) is 36.4 Å². The Hall–Kier alpha value is -2.60. The summed E-state index contributed by atoms with van der Waals surface area (Å²) in [4.78, 5) is 16.8. The molecule has 0 atom stereocenters. The van der Waals surface area contributed by atoms with E-state index in [0.29, 0.717) is 11.7 Å². The summed E-state index contributed by atoms with van der Waals surface area (Å²) in [7, 11) is 0. The first-order chi connectivity index (χ1) is 13.3. The smallest absolute Gasteiger partial charge is 0.264 e. The van der Waals surface area contributed by atoms with E-state index in [9.17, 15) is 4.79 Å². The molecular weight excluding hydrogens is 372 g/mol. The highest BCUT2D eigenvalue weighted by Crippen LogP contribution is 2.32. The van der Waals surface area contributed by atoms with Crippen LogP contribution in [-0.4, -0.2) is 24.1 Å². The van der Waals surface area contributed by atoms with Crippen LogP contribution in [0.5, 0.6) is 11.5 Å². The fourth-order valence-corrected chi connectivity index (χ4v) is 3.78. The molecule has 0 aliphatic rings. The van der Waals surface area contributed by atoms with Crippen molar-refractivity contribution < 1.29 is 14.3 Å². The van der Waals surface area contributed by atoms with Gasteiger partial charge in [0.1, 0.15) is 11.5 Å². The molecule has 0 saturated heterocycles. The predicted molar refractivity (Wildman–Crippen MR) is 115 cm³/mol. The third-order valence-corrected chi connectivity index (χ3v) is 5.15. The van der Waals surface area contributed by atoms with Gasteiger partial charge >= 0.3 is 0 Å². The number of rotatable bonds is 6. The lowest BCUT2D eigenvalue weighted by molar-refractivity contribution is -0.118. The van der Waals surface area contributed by atoms with E-state index in [0.717, 1.165) is 27.3 Å². The van der Waals surface area contributed by atoms with Crippen molar-refractivity contribution in [1.29, 1.82) is 0 Å². The molecule has 5 nitrogen and oxygen atoms in total. The van der Waals surface area contributed by atoms with Gasteiger partial charge in [0.25, 0.3) is 5.91 Å². The highest BCUT2D eigenvalue weighted by molar-refractivity contribution is 7.22. The number of hydrogen-bond donors (Lipinski definition) is 1. The number of anilines is 1. The largest absolute Gasteiger partial charge is 0.494 e. The standard InChI is InChI=1S/C22H26N2O3S/c1-6-26-15-8-9-17-19(12-15)28-21(23-17)24-20(25)13-27-18-10-7-14(2)11-16(18)22(3,4)5/h7-12H,6,13H2,1-5H3,(H,23,24,25). The van der Waals surface area contributed by atoms with Crippen LogP contribution >= 0.6 is 11.3 Å². The average molecular weight is 399 g/mol. The van der Waals surface area contributed by atoms with Crippen LogP contribution in [-0.2, 0) is 10.2 Å². The molecule has 3 rings (SSSR count). The van der Waals surface area contributed by atoms with E-state index >= 15 is 0 Å². The molecule has 0 radical (unpaired) electrons. The Morgan fingerprint density at radius 1 is 1.14 bits per heavy atom. The predicted octanol–water partition coefficient (Wildman–Crippen LogP) is 5.32. The number of benzene rings is 2. The van der Waals surface area contributed by atoms with Gasteiger partial charge in [-0.2, -0.15) is 0 Å². The zero-order valence-corrected chi connectivity index (χ0v) is 17.8. The maximum atomic E-state index is 12.4. The number of hydrogen-bond acceptors (Lipinski definition) is 5. The minimum atomic E-state index is -0.232. The number of carbonyl (C=O) groups is 1. The van der Waals surface area contributed by atoms with Gasteiger partial charge in [-0.3, -0.25) is 10.1 Å². The van der Waals surface area contributed by atoms with Crippen LogP contribution in [0.4, 0.5) is 5.13 Å². The monoisotopic (exact) mass is 398 g/mol. The lowest BCUT2D eigenvalue weighted by Crippen LogP contribution is -2.22. The maximum Gasteiger partial charge on any atom is 0.264 e. The number of aryl methyl sites for hydroxylation is 1. The molecule has 1 N–H and O–H groups in total. The molecule has 6 heteroatoms. The van der Waals surface area contributed by atoms with Crippen molar-refractivity contribution in [1.82, 2.24) is 4.98 Å². The number of amides is 1. The number of fused-ring (bicyclic) bond motifs is 1. The lowest BCUT2D eigenvalue weighted by Gasteiger charge is -2.23. The van der Waals surface area contributed by atoms with Crippen LogP contribution in [0.25, 0.3) is 10.2 Å². The average Bonchev–Trinajstić information content (AvgIpc) is 3.01. The molecule has 3 aromatic rings. The van der Waals surface area contributed by atoms with Gasteiger partial charge in [0.15, 0.2) is 11.7 Å². The number of nitrogens with one attached hydrogen (secondary N) is 1. The van der Waals surface area contributed by atoms with Crippen LogP contribution in [0, 0.1) is 6.92 Å². The molecule has 148 valence electrons. The number of ether oxygens (including phenoxy) is 2. The fraction of sp³-hybridized carbons (Fsp3) is 0.364. The summed E-state index contributed by atoms with van der Waals surface area (Å²) in [5.74, 6) is 1.30. The van der Waals surface area contributed by atoms with Crippen molar-refractivity contribution in [2.45, 2.75) is 40.0 Å². The van der Waals surface area contributed by atoms with Crippen molar-refractivity contribution >= 4 is 32.6 Å². The maximum absolute atomic E-state index is 12.4. The Morgan fingerprint density at radius 2 is 1.93 bits per heavy atom. The molecule has 0 unspecified atom stereocenters. The summed E-state index contributed by atoms with van der Waals surface area (Å²) >= 11 is 1.42. The topological polar surface area (TPSA) is 60.5 Å². The number of thiazole rings is 1. The van der Waals surface area contributed by atoms with Crippen LogP contribution < -0.4 is 14.8 Å². The van der Waals surface area contributed by atoms with Gasteiger partial charge in [-0.1, -0.05) is 49.8 Å². The minimum Gasteiger partial charge on any atom is -0.494 e. The molecule has 1 amide bonds. The number of carbonyl (C=O) groups excluding carboxylic acids is 1. The molecule has 0 saturated carbocycles. The van der Waals surface area contributed by atoms with Crippen molar-refractivity contribution in [2.24, 2.45) is 0 Å². The Labute approximate surface area is 169 Å². The molecule has 0 aliphatic heterocycles. The summed E-state index contributed by atoms with van der Waals surface area (Å²) in [5, 5.41) is 3.38. The fourth-order valence-electron chi connectivity index (χ4n) is 2.87. The lowest BCUT2D eigenvalue weighted by atomic mass is 9.85. The zero-order chi connectivity index (χ0) is 20.3. The van der Waals surface area contributed by atoms with E-state index < -0.39 is 0 Å². The van der Waals surface area contributed by atoms with Gasteiger partial charge < -0.3 is 9.47 Å². The second kappa shape index (κ2) is 8.19. The van der Waals surface area contributed by atoms with Crippen molar-refractivity contribution in [3.8, 4) is 11.5 Å². The van der Waals surface area contributed by atoms with E-state index in [1.165, 1.54) is 16.9 Å². The third-order valence-electron chi connectivity index (χ3n) is 4.22. The Bertz CT molecular complexity index is 989. The molecule has 0 fully saturated rings. The van der Waals surface area contributed by atoms with Crippen LogP contribution in [0.3, 0.4) is 0 Å². The van der Waals surface area contributed by atoms with Gasteiger partial charge in [0.2, 0.25) is 0 Å². The minimum absolute atomic E-state index is 0.0632. The summed E-state index contributed by atoms with van der Waals surface area (Å²) < 4.78 is 12.3. The summed E-state index contributed by atoms with van der Waals surface area (Å²) in [6, 6.07) is 11.7. The van der Waals surface area contributed by atoms with Gasteiger partial charge in [-0.15, -0.1) is 0 Å². The molecule has 0 aliphatic carbocycles. The Kier molecular flexibility index (Phi) is 5.89. The molecule has 28 heavy (non-hydrogen) atoms. The molecule has 0 bridgehead atoms. The normalized spacial score (nSPS) is 11.5. The van der Waals surface area contributed by atoms with E-state index in [1.54, 1.807) is 0 Å². The zero-order valence-electron chi connectivity index (χ0n) is 17.0. The highest BCUT2D eigenvalue weighted by atomic mass is 32.1. The van der Waals surface area contributed by atoms with Crippen molar-refractivity contribution in [3.05, 3.63) is 47.5 Å². The van der Waals surface area contributed by atoms with Crippen LogP contribution in [0.2, 0.25) is 0 Å². The van der Waals surface area contributed by atoms with Crippen LogP contribution in [0.1, 0.15) is 38.8 Å². The SMILES string of the molecule is CCOc1ccc2nc(NC(=O)COc3ccc(C)cc3C(C)(C)C)sc2c1. The van der Waals surface area contributed by atoms with Crippen molar-refractivity contribution in [3.63, 3.8) is 0 Å². The second-order valence-corrected chi connectivity index (χ2v) is 8.70. The molecule has 1 heterocycles. The Morgan fingerprint density at radius 3 is 2.64 bits per heavy atom. The Balaban J connectivity index is 1.67. The quantitative estimate of drug-likeness (QED) is 0.611. The number of nitrogens with zero attached hydrogens (tertiary/aromatic N) is 1. The van der Waals surface area contributed by atoms with Gasteiger partial charge in [-0.05, 0) is 49.1 Å². The van der Waals surface area contributed by atoms with E-state index in [2.05, 4.69) is 44.1 Å². The second-order valence-electron chi connectivity index (χ2n) is 7.67. The van der Waals surface area contributed by atoms with Gasteiger partial charge in [-0.25, -0.2) is 4.98 Å². The number of aromatic nitrogens is 1. The first-order valence-corrected chi connectivity index (χ1v) is 10.1. The summed E-state index contributed by atoms with van der Waals surface area (Å²) in [5.41, 5.74) is 3.02. The third kappa shape index (κ3) is 4.81. The first-order valence-electron chi connectivity index (χ1n) is 9.33. The van der Waals surface area contributed by atoms with Gasteiger partial charge in [0, 0.05) is 0 Å².